The summed E-state index contributed by atoms with van der Waals surface area (Å²) in [6.07, 6.45) is 0. The first-order chi connectivity index (χ1) is 9.75. The molecule has 0 radical (unpaired) electrons. The number of para-hydroxylation sites is 1. The molecule has 0 fully saturated rings. The van der Waals surface area contributed by atoms with Gasteiger partial charge in [0.05, 0.1) is 10.9 Å². The predicted molar refractivity (Wildman–Crippen MR) is 76.6 cm³/mol. The Balaban J connectivity index is 1.83. The summed E-state index contributed by atoms with van der Waals surface area (Å²) in [6, 6.07) is 16.1. The van der Waals surface area contributed by atoms with Gasteiger partial charge in [-0.05, 0) is 17.7 Å². The summed E-state index contributed by atoms with van der Waals surface area (Å²) in [5.41, 5.74) is 1.28. The number of carbonyl (C=O) groups is 1. The molecule has 5 heteroatoms. The highest BCUT2D eigenvalue weighted by molar-refractivity contribution is 5.84. The van der Waals surface area contributed by atoms with Crippen molar-refractivity contribution >= 4 is 16.9 Å². The molecule has 0 spiro atoms. The number of carbonyl (C=O) groups excluding carboxylic acids is 1. The number of hydrogen-bond donors (Lipinski definition) is 2. The molecule has 2 N–H and O–H groups in total. The maximum absolute atomic E-state index is 12.1. The fourth-order valence-corrected chi connectivity index (χ4v) is 2.05. The van der Waals surface area contributed by atoms with E-state index in [0.717, 1.165) is 10.2 Å². The highest BCUT2D eigenvalue weighted by atomic mass is 16.2. The quantitative estimate of drug-likeness (QED) is 0.746. The van der Waals surface area contributed by atoms with Gasteiger partial charge < -0.3 is 5.32 Å². The van der Waals surface area contributed by atoms with E-state index in [1.165, 1.54) is 0 Å². The van der Waals surface area contributed by atoms with Crippen LogP contribution in [0.25, 0.3) is 10.9 Å². The van der Waals surface area contributed by atoms with Gasteiger partial charge >= 0.3 is 6.03 Å². The fraction of sp³-hybridized carbons (Fsp3) is 0.0667. The van der Waals surface area contributed by atoms with Crippen molar-refractivity contribution in [1.82, 2.24) is 15.1 Å². The van der Waals surface area contributed by atoms with Gasteiger partial charge in [-0.25, -0.2) is 4.79 Å². The van der Waals surface area contributed by atoms with Gasteiger partial charge in [-0.2, -0.15) is 4.68 Å². The lowest BCUT2D eigenvalue weighted by Crippen LogP contribution is -2.34. The number of aromatic amines is 1. The summed E-state index contributed by atoms with van der Waals surface area (Å²) in [5, 5.41) is 6.00. The molecule has 0 atom stereocenters. The first-order valence-corrected chi connectivity index (χ1v) is 6.27. The Hall–Kier alpha value is -2.82. The lowest BCUT2D eigenvalue weighted by Gasteiger charge is -2.04. The Labute approximate surface area is 114 Å². The molecular weight excluding hydrogens is 254 g/mol. The number of nitrogens with zero attached hydrogens (tertiary/aromatic N) is 1. The SMILES string of the molecule is O=C(NCc1ccccc1)n1[nH]c2ccccc2c1=O. The molecule has 0 saturated heterocycles. The van der Waals surface area contributed by atoms with Crippen LogP contribution in [0.5, 0.6) is 0 Å². The van der Waals surface area contributed by atoms with Crippen LogP contribution in [0.4, 0.5) is 4.79 Å². The van der Waals surface area contributed by atoms with E-state index in [9.17, 15) is 9.59 Å². The molecular formula is C15H13N3O2. The number of nitrogens with one attached hydrogen (secondary N) is 2. The number of hydrogen-bond acceptors (Lipinski definition) is 2. The van der Waals surface area contributed by atoms with Gasteiger partial charge in [0, 0.05) is 6.54 Å². The van der Waals surface area contributed by atoms with Crippen molar-refractivity contribution in [3.05, 3.63) is 70.5 Å². The number of benzene rings is 2. The van der Waals surface area contributed by atoms with Crippen molar-refractivity contribution in [1.29, 1.82) is 0 Å². The van der Waals surface area contributed by atoms with E-state index in [2.05, 4.69) is 10.4 Å². The average molecular weight is 267 g/mol. The maximum Gasteiger partial charge on any atom is 0.343 e. The van der Waals surface area contributed by atoms with Crippen LogP contribution >= 0.6 is 0 Å². The van der Waals surface area contributed by atoms with E-state index in [1.807, 2.05) is 36.4 Å². The van der Waals surface area contributed by atoms with Gasteiger partial charge in [0.1, 0.15) is 0 Å². The van der Waals surface area contributed by atoms with E-state index in [0.29, 0.717) is 17.4 Å². The summed E-state index contributed by atoms with van der Waals surface area (Å²) in [4.78, 5) is 24.1. The number of amides is 1. The lowest BCUT2D eigenvalue weighted by atomic mass is 10.2. The molecule has 0 saturated carbocycles. The molecule has 0 aliphatic rings. The Morgan fingerprint density at radius 3 is 2.50 bits per heavy atom. The zero-order chi connectivity index (χ0) is 13.9. The van der Waals surface area contributed by atoms with Gasteiger partial charge in [-0.15, -0.1) is 0 Å². The van der Waals surface area contributed by atoms with Gasteiger partial charge in [0.2, 0.25) is 0 Å². The molecule has 3 aromatic rings. The summed E-state index contributed by atoms with van der Waals surface area (Å²) in [5.74, 6) is 0. The Kier molecular flexibility index (Phi) is 3.09. The van der Waals surface area contributed by atoms with E-state index in [1.54, 1.807) is 18.2 Å². The molecule has 100 valence electrons. The highest BCUT2D eigenvalue weighted by Crippen LogP contribution is 2.05. The second kappa shape index (κ2) is 5.05. The molecule has 3 rings (SSSR count). The van der Waals surface area contributed by atoms with Gasteiger partial charge in [0.25, 0.3) is 5.56 Å². The molecule has 1 heterocycles. The van der Waals surface area contributed by atoms with Crippen LogP contribution < -0.4 is 10.9 Å². The third kappa shape index (κ3) is 2.21. The largest absolute Gasteiger partial charge is 0.343 e. The molecule has 0 aliphatic heterocycles. The smallest absolute Gasteiger partial charge is 0.332 e. The zero-order valence-electron chi connectivity index (χ0n) is 10.7. The van der Waals surface area contributed by atoms with Crippen molar-refractivity contribution in [2.24, 2.45) is 0 Å². The van der Waals surface area contributed by atoms with Crippen LogP contribution in [0.1, 0.15) is 5.56 Å². The standard InChI is InChI=1S/C15H13N3O2/c19-14-12-8-4-5-9-13(12)17-18(14)15(20)16-10-11-6-2-1-3-7-11/h1-9,17H,10H2,(H,16,20). The summed E-state index contributed by atoms with van der Waals surface area (Å²) < 4.78 is 0.994. The third-order valence-electron chi connectivity index (χ3n) is 3.08. The van der Waals surface area contributed by atoms with Gasteiger partial charge in [0.15, 0.2) is 0 Å². The summed E-state index contributed by atoms with van der Waals surface area (Å²) in [6.45, 7) is 0.376. The minimum atomic E-state index is -0.463. The van der Waals surface area contributed by atoms with Crippen molar-refractivity contribution < 1.29 is 4.79 Å². The normalized spacial score (nSPS) is 10.6. The van der Waals surface area contributed by atoms with Crippen molar-refractivity contribution in [2.45, 2.75) is 6.54 Å². The second-order valence-corrected chi connectivity index (χ2v) is 4.44. The van der Waals surface area contributed by atoms with E-state index in [-0.39, 0.29) is 5.56 Å². The lowest BCUT2D eigenvalue weighted by molar-refractivity contribution is 0.238. The fourth-order valence-electron chi connectivity index (χ4n) is 2.05. The van der Waals surface area contributed by atoms with Crippen molar-refractivity contribution in [2.75, 3.05) is 0 Å². The average Bonchev–Trinajstić information content (AvgIpc) is 2.84. The zero-order valence-corrected chi connectivity index (χ0v) is 10.7. The Morgan fingerprint density at radius 1 is 1.05 bits per heavy atom. The molecule has 1 aromatic heterocycles. The molecule has 0 unspecified atom stereocenters. The molecule has 0 bridgehead atoms. The summed E-state index contributed by atoms with van der Waals surface area (Å²) in [7, 11) is 0. The van der Waals surface area contributed by atoms with Crippen LogP contribution in [0.15, 0.2) is 59.4 Å². The predicted octanol–water partition coefficient (Wildman–Crippen LogP) is 2.09. The monoisotopic (exact) mass is 267 g/mol. The van der Waals surface area contributed by atoms with E-state index < -0.39 is 6.03 Å². The first kappa shape index (κ1) is 12.2. The van der Waals surface area contributed by atoms with Crippen LogP contribution in [0, 0.1) is 0 Å². The number of fused-ring (bicyclic) bond motifs is 1. The molecule has 2 aromatic carbocycles. The summed E-state index contributed by atoms with van der Waals surface area (Å²) >= 11 is 0. The number of H-pyrrole nitrogens is 1. The minimum absolute atomic E-state index is 0.342. The topological polar surface area (TPSA) is 66.9 Å². The van der Waals surface area contributed by atoms with Crippen molar-refractivity contribution in [3.63, 3.8) is 0 Å². The van der Waals surface area contributed by atoms with Crippen LogP contribution in [-0.4, -0.2) is 15.8 Å². The Bertz CT molecular complexity index is 803. The highest BCUT2D eigenvalue weighted by Gasteiger charge is 2.11. The molecule has 0 aliphatic carbocycles. The van der Waals surface area contributed by atoms with E-state index in [4.69, 9.17) is 0 Å². The minimum Gasteiger partial charge on any atom is -0.332 e. The molecule has 20 heavy (non-hydrogen) atoms. The van der Waals surface area contributed by atoms with Crippen LogP contribution in [-0.2, 0) is 6.54 Å². The maximum atomic E-state index is 12.1. The van der Waals surface area contributed by atoms with Gasteiger partial charge in [-0.1, -0.05) is 42.5 Å². The number of rotatable bonds is 2. The van der Waals surface area contributed by atoms with Crippen LogP contribution in [0.2, 0.25) is 0 Å². The van der Waals surface area contributed by atoms with E-state index >= 15 is 0 Å². The van der Waals surface area contributed by atoms with Crippen molar-refractivity contribution in [3.8, 4) is 0 Å². The van der Waals surface area contributed by atoms with Gasteiger partial charge in [-0.3, -0.25) is 9.89 Å². The van der Waals surface area contributed by atoms with Crippen LogP contribution in [0.3, 0.4) is 0 Å². The third-order valence-corrected chi connectivity index (χ3v) is 3.08. The second-order valence-electron chi connectivity index (χ2n) is 4.44. The number of aromatic nitrogens is 2. The molecule has 1 amide bonds. The first-order valence-electron chi connectivity index (χ1n) is 6.27. The Morgan fingerprint density at radius 2 is 1.75 bits per heavy atom. The molecule has 5 nitrogen and oxygen atoms in total.